The van der Waals surface area contributed by atoms with E-state index in [1.165, 1.54) is 17.7 Å². The second-order valence-corrected chi connectivity index (χ2v) is 6.90. The molecular formula is C19H16N4O4S. The van der Waals surface area contributed by atoms with E-state index in [0.29, 0.717) is 45.0 Å². The van der Waals surface area contributed by atoms with Crippen LogP contribution in [0.1, 0.15) is 28.0 Å². The molecule has 0 bridgehead atoms. The highest BCUT2D eigenvalue weighted by molar-refractivity contribution is 7.20. The summed E-state index contributed by atoms with van der Waals surface area (Å²) in [7, 11) is 0. The monoisotopic (exact) mass is 396 g/mol. The third-order valence-corrected chi connectivity index (χ3v) is 5.17. The number of hydrogen-bond acceptors (Lipinski definition) is 9. The second-order valence-electron chi connectivity index (χ2n) is 5.90. The van der Waals surface area contributed by atoms with Crippen LogP contribution in [0.25, 0.3) is 21.6 Å². The van der Waals surface area contributed by atoms with E-state index < -0.39 is 0 Å². The van der Waals surface area contributed by atoms with Crippen molar-refractivity contribution in [3.63, 3.8) is 0 Å². The van der Waals surface area contributed by atoms with Crippen molar-refractivity contribution in [3.8, 4) is 23.0 Å². The Morgan fingerprint density at radius 3 is 2.86 bits per heavy atom. The third kappa shape index (κ3) is 3.31. The van der Waals surface area contributed by atoms with E-state index in [4.69, 9.17) is 14.0 Å². The summed E-state index contributed by atoms with van der Waals surface area (Å²) in [5, 5.41) is 4.61. The molecule has 142 valence electrons. The van der Waals surface area contributed by atoms with E-state index in [-0.39, 0.29) is 5.97 Å². The van der Waals surface area contributed by atoms with Crippen LogP contribution in [-0.4, -0.2) is 32.7 Å². The number of carbonyl (C=O) groups excluding carboxylic acids is 1. The highest BCUT2D eigenvalue weighted by Crippen LogP contribution is 2.37. The lowest BCUT2D eigenvalue weighted by Gasteiger charge is -2.07. The van der Waals surface area contributed by atoms with Crippen molar-refractivity contribution >= 4 is 27.5 Å². The molecule has 0 aliphatic heterocycles. The molecule has 0 saturated heterocycles. The molecule has 0 aliphatic rings. The number of hydrogen-bond donors (Lipinski definition) is 0. The van der Waals surface area contributed by atoms with Gasteiger partial charge in [-0.05, 0) is 31.5 Å². The van der Waals surface area contributed by atoms with Crippen LogP contribution in [0.4, 0.5) is 0 Å². The lowest BCUT2D eigenvalue weighted by atomic mass is 10.2. The summed E-state index contributed by atoms with van der Waals surface area (Å²) in [5.74, 6) is 1.52. The van der Waals surface area contributed by atoms with E-state index in [9.17, 15) is 4.79 Å². The fourth-order valence-electron chi connectivity index (χ4n) is 2.73. The fraction of sp³-hybridized carbons (Fsp3) is 0.211. The van der Waals surface area contributed by atoms with Crippen molar-refractivity contribution in [1.29, 1.82) is 0 Å². The summed E-state index contributed by atoms with van der Waals surface area (Å²) in [4.78, 5) is 26.1. The Kier molecular flexibility index (Phi) is 4.74. The average molecular weight is 396 g/mol. The minimum absolute atomic E-state index is 0.309. The lowest BCUT2D eigenvalue weighted by Crippen LogP contribution is -2.03. The number of aryl methyl sites for hydroxylation is 2. The van der Waals surface area contributed by atoms with Gasteiger partial charge in [0.05, 0.1) is 12.0 Å². The molecule has 3 heterocycles. The van der Waals surface area contributed by atoms with Gasteiger partial charge in [-0.15, -0.1) is 11.3 Å². The topological polar surface area (TPSA) is 100 Å². The first-order chi connectivity index (χ1) is 13.6. The van der Waals surface area contributed by atoms with Crippen LogP contribution in [0.3, 0.4) is 0 Å². The molecule has 0 fully saturated rings. The number of thiophene rings is 1. The molecule has 0 radical (unpaired) electrons. The minimum Gasteiger partial charge on any atom is -0.462 e. The van der Waals surface area contributed by atoms with Crippen molar-refractivity contribution < 1.29 is 18.8 Å². The largest absolute Gasteiger partial charge is 0.462 e. The molecule has 3 aromatic heterocycles. The summed E-state index contributed by atoms with van der Waals surface area (Å²) in [5.41, 5.74) is 1.49. The third-order valence-electron chi connectivity index (χ3n) is 3.99. The Bertz CT molecular complexity index is 1170. The van der Waals surface area contributed by atoms with E-state index in [0.717, 1.165) is 11.1 Å². The summed E-state index contributed by atoms with van der Waals surface area (Å²) >= 11 is 1.26. The van der Waals surface area contributed by atoms with Crippen LogP contribution in [-0.2, 0) is 4.74 Å². The second kappa shape index (κ2) is 7.35. The first-order valence-corrected chi connectivity index (χ1v) is 9.38. The van der Waals surface area contributed by atoms with Gasteiger partial charge in [0, 0.05) is 12.5 Å². The van der Waals surface area contributed by atoms with Crippen LogP contribution in [0.5, 0.6) is 11.6 Å². The quantitative estimate of drug-likeness (QED) is 0.460. The van der Waals surface area contributed by atoms with Gasteiger partial charge in [0.15, 0.2) is 0 Å². The molecule has 0 atom stereocenters. The maximum atomic E-state index is 12.2. The van der Waals surface area contributed by atoms with Gasteiger partial charge in [0.1, 0.15) is 21.8 Å². The number of esters is 1. The SMILES string of the molecule is CCOC(=O)c1sc2ncnc(Oc3cccc(-c4noc(C)n4)c3)c2c1C. The molecule has 28 heavy (non-hydrogen) atoms. The molecule has 0 N–H and O–H groups in total. The fourth-order valence-corrected chi connectivity index (χ4v) is 3.77. The number of ether oxygens (including phenoxy) is 2. The van der Waals surface area contributed by atoms with E-state index in [2.05, 4.69) is 20.1 Å². The van der Waals surface area contributed by atoms with Gasteiger partial charge in [-0.1, -0.05) is 17.3 Å². The smallest absolute Gasteiger partial charge is 0.348 e. The maximum Gasteiger partial charge on any atom is 0.348 e. The number of rotatable bonds is 5. The Morgan fingerprint density at radius 2 is 2.11 bits per heavy atom. The lowest BCUT2D eigenvalue weighted by molar-refractivity contribution is 0.0531. The zero-order valence-corrected chi connectivity index (χ0v) is 16.2. The Hall–Kier alpha value is -3.33. The van der Waals surface area contributed by atoms with Crippen LogP contribution >= 0.6 is 11.3 Å². The van der Waals surface area contributed by atoms with Gasteiger partial charge >= 0.3 is 5.97 Å². The number of nitrogens with zero attached hydrogens (tertiary/aromatic N) is 4. The molecule has 4 rings (SSSR count). The summed E-state index contributed by atoms with van der Waals surface area (Å²) in [6, 6.07) is 7.30. The molecule has 0 spiro atoms. The minimum atomic E-state index is -0.372. The first-order valence-electron chi connectivity index (χ1n) is 8.56. The van der Waals surface area contributed by atoms with Crippen molar-refractivity contribution in [1.82, 2.24) is 20.1 Å². The predicted octanol–water partition coefficient (Wildman–Crippen LogP) is 4.33. The van der Waals surface area contributed by atoms with Crippen LogP contribution in [0.15, 0.2) is 35.1 Å². The van der Waals surface area contributed by atoms with Crippen molar-refractivity contribution in [3.05, 3.63) is 46.9 Å². The van der Waals surface area contributed by atoms with Gasteiger partial charge in [0.2, 0.25) is 17.6 Å². The summed E-state index contributed by atoms with van der Waals surface area (Å²) in [6.45, 7) is 5.64. The van der Waals surface area contributed by atoms with Gasteiger partial charge < -0.3 is 14.0 Å². The van der Waals surface area contributed by atoms with Crippen molar-refractivity contribution in [2.24, 2.45) is 0 Å². The van der Waals surface area contributed by atoms with Crippen molar-refractivity contribution in [2.45, 2.75) is 20.8 Å². The molecule has 0 saturated carbocycles. The standard InChI is InChI=1S/C19H16N4O4S/c1-4-25-19(24)15-10(2)14-17(20-9-21-18(14)28-15)26-13-7-5-6-12(8-13)16-22-11(3)27-23-16/h5-9H,4H2,1-3H3. The van der Waals surface area contributed by atoms with Gasteiger partial charge in [-0.25, -0.2) is 14.8 Å². The highest BCUT2D eigenvalue weighted by Gasteiger charge is 2.21. The molecule has 8 nitrogen and oxygen atoms in total. The first kappa shape index (κ1) is 18.1. The van der Waals surface area contributed by atoms with E-state index >= 15 is 0 Å². The zero-order valence-electron chi connectivity index (χ0n) is 15.4. The molecule has 0 amide bonds. The zero-order chi connectivity index (χ0) is 19.7. The Morgan fingerprint density at radius 1 is 1.25 bits per heavy atom. The molecule has 0 unspecified atom stereocenters. The Labute approximate surface area is 164 Å². The average Bonchev–Trinajstić information content (AvgIpc) is 3.26. The molecular weight excluding hydrogens is 380 g/mol. The summed E-state index contributed by atoms with van der Waals surface area (Å²) in [6.07, 6.45) is 1.41. The molecule has 4 aromatic rings. The molecule has 1 aromatic carbocycles. The number of fused-ring (bicyclic) bond motifs is 1. The van der Waals surface area contributed by atoms with Crippen molar-refractivity contribution in [2.75, 3.05) is 6.61 Å². The molecule has 0 aliphatic carbocycles. The maximum absolute atomic E-state index is 12.2. The summed E-state index contributed by atoms with van der Waals surface area (Å²) < 4.78 is 16.2. The number of benzene rings is 1. The van der Waals surface area contributed by atoms with Gasteiger partial charge in [-0.3, -0.25) is 0 Å². The predicted molar refractivity (Wildman–Crippen MR) is 103 cm³/mol. The van der Waals surface area contributed by atoms with Crippen LogP contribution in [0.2, 0.25) is 0 Å². The number of aromatic nitrogens is 4. The highest BCUT2D eigenvalue weighted by atomic mass is 32.1. The van der Waals surface area contributed by atoms with Crippen LogP contribution in [0, 0.1) is 13.8 Å². The number of carbonyl (C=O) groups is 1. The van der Waals surface area contributed by atoms with Gasteiger partial charge in [0.25, 0.3) is 0 Å². The van der Waals surface area contributed by atoms with E-state index in [1.807, 2.05) is 19.1 Å². The van der Waals surface area contributed by atoms with E-state index in [1.54, 1.807) is 26.0 Å². The van der Waals surface area contributed by atoms with Gasteiger partial charge in [-0.2, -0.15) is 4.98 Å². The molecule has 9 heteroatoms. The normalized spacial score (nSPS) is 11.0. The van der Waals surface area contributed by atoms with Crippen LogP contribution < -0.4 is 4.74 Å². The Balaban J connectivity index is 1.71.